The van der Waals surface area contributed by atoms with Crippen molar-refractivity contribution in [2.45, 2.75) is 43.8 Å². The van der Waals surface area contributed by atoms with E-state index in [0.717, 1.165) is 18.9 Å². The summed E-state index contributed by atoms with van der Waals surface area (Å²) in [4.78, 5) is 12.3. The maximum atomic E-state index is 13.5. The van der Waals surface area contributed by atoms with E-state index in [4.69, 9.17) is 0 Å². The fourth-order valence-electron chi connectivity index (χ4n) is 3.42. The van der Waals surface area contributed by atoms with E-state index in [1.807, 2.05) is 11.9 Å². The molecule has 2 bridgehead atoms. The van der Waals surface area contributed by atoms with Crippen LogP contribution in [-0.2, 0) is 0 Å². The Kier molecular flexibility index (Phi) is 3.33. The van der Waals surface area contributed by atoms with E-state index in [0.29, 0.717) is 23.8 Å². The van der Waals surface area contributed by atoms with E-state index in [1.165, 1.54) is 25.0 Å². The van der Waals surface area contributed by atoms with Crippen LogP contribution in [0.3, 0.4) is 0 Å². The molecule has 0 radical (unpaired) electrons. The van der Waals surface area contributed by atoms with E-state index in [2.05, 4.69) is 5.32 Å². The molecule has 0 amide bonds. The molecule has 20 heavy (non-hydrogen) atoms. The number of non-ortho nitro benzene ring substituents is 1. The number of nitro groups is 1. The zero-order valence-electron chi connectivity index (χ0n) is 11.4. The molecule has 0 spiro atoms. The molecule has 0 saturated carbocycles. The number of nitro benzene ring substituents is 1. The molecule has 1 aromatic rings. The number of benzene rings is 1. The number of piperidine rings is 1. The van der Waals surface area contributed by atoms with Gasteiger partial charge in [0.05, 0.1) is 11.0 Å². The molecule has 2 saturated heterocycles. The highest BCUT2D eigenvalue weighted by atomic mass is 19.1. The largest absolute Gasteiger partial charge is 0.371 e. The van der Waals surface area contributed by atoms with Crippen molar-refractivity contribution in [2.75, 3.05) is 11.9 Å². The number of anilines is 1. The number of fused-ring (bicyclic) bond motifs is 2. The molecule has 2 unspecified atom stereocenters. The summed E-state index contributed by atoms with van der Waals surface area (Å²) in [5.41, 5.74) is 0.395. The summed E-state index contributed by atoms with van der Waals surface area (Å²) >= 11 is 0. The molecule has 1 N–H and O–H groups in total. The van der Waals surface area contributed by atoms with Crippen LogP contribution in [-0.4, -0.2) is 30.1 Å². The Morgan fingerprint density at radius 2 is 1.95 bits per heavy atom. The summed E-state index contributed by atoms with van der Waals surface area (Å²) in [5, 5.41) is 14.4. The monoisotopic (exact) mass is 279 g/mol. The maximum absolute atomic E-state index is 13.5. The summed E-state index contributed by atoms with van der Waals surface area (Å²) in [6.45, 7) is 0. The first-order valence-corrected chi connectivity index (χ1v) is 6.97. The SMILES string of the molecule is CN(c1cc(F)cc([N+](=O)[O-])c1)C1CC2CCC(C1)N2. The summed E-state index contributed by atoms with van der Waals surface area (Å²) in [5.74, 6) is -0.557. The Balaban J connectivity index is 1.83. The van der Waals surface area contributed by atoms with Crippen molar-refractivity contribution in [3.05, 3.63) is 34.1 Å². The second-order valence-corrected chi connectivity index (χ2v) is 5.80. The third kappa shape index (κ3) is 2.47. The molecule has 2 aliphatic rings. The Morgan fingerprint density at radius 3 is 2.55 bits per heavy atom. The lowest BCUT2D eigenvalue weighted by molar-refractivity contribution is -0.385. The molecule has 1 aromatic carbocycles. The highest BCUT2D eigenvalue weighted by Crippen LogP contribution is 2.32. The standard InChI is InChI=1S/C14H18FN3O2/c1-17(13-6-10-2-3-11(7-13)16-10)12-4-9(15)5-14(8-12)18(19)20/h4-5,8,10-11,13,16H,2-3,6-7H2,1H3. The lowest BCUT2D eigenvalue weighted by Gasteiger charge is -2.36. The predicted octanol–water partition coefficient (Wildman–Crippen LogP) is 2.45. The van der Waals surface area contributed by atoms with Crippen LogP contribution in [0.15, 0.2) is 18.2 Å². The van der Waals surface area contributed by atoms with Crippen LogP contribution < -0.4 is 10.2 Å². The van der Waals surface area contributed by atoms with Crippen LogP contribution >= 0.6 is 0 Å². The molecule has 5 nitrogen and oxygen atoms in total. The van der Waals surface area contributed by atoms with Crippen molar-refractivity contribution < 1.29 is 9.31 Å². The third-order valence-corrected chi connectivity index (χ3v) is 4.48. The van der Waals surface area contributed by atoms with Gasteiger partial charge in [-0.05, 0) is 31.7 Å². The molecule has 2 atom stereocenters. The van der Waals surface area contributed by atoms with Crippen molar-refractivity contribution in [1.82, 2.24) is 5.32 Å². The van der Waals surface area contributed by atoms with Gasteiger partial charge >= 0.3 is 0 Å². The first kappa shape index (κ1) is 13.3. The van der Waals surface area contributed by atoms with Crippen molar-refractivity contribution in [3.8, 4) is 0 Å². The molecule has 6 heteroatoms. The van der Waals surface area contributed by atoms with Crippen molar-refractivity contribution in [1.29, 1.82) is 0 Å². The van der Waals surface area contributed by atoms with Crippen LogP contribution in [0.2, 0.25) is 0 Å². The van der Waals surface area contributed by atoms with E-state index >= 15 is 0 Å². The molecular formula is C14H18FN3O2. The first-order chi connectivity index (χ1) is 9.52. The fourth-order valence-corrected chi connectivity index (χ4v) is 3.42. The van der Waals surface area contributed by atoms with Crippen LogP contribution in [0.5, 0.6) is 0 Å². The van der Waals surface area contributed by atoms with Gasteiger partial charge in [0, 0.05) is 36.9 Å². The highest BCUT2D eigenvalue weighted by Gasteiger charge is 2.35. The Morgan fingerprint density at radius 1 is 1.30 bits per heavy atom. The third-order valence-electron chi connectivity index (χ3n) is 4.48. The van der Waals surface area contributed by atoms with Gasteiger partial charge in [-0.25, -0.2) is 4.39 Å². The van der Waals surface area contributed by atoms with Gasteiger partial charge in [-0.15, -0.1) is 0 Å². The maximum Gasteiger partial charge on any atom is 0.274 e. The predicted molar refractivity (Wildman–Crippen MR) is 74.4 cm³/mol. The molecule has 0 aliphatic carbocycles. The van der Waals surface area contributed by atoms with Crippen molar-refractivity contribution >= 4 is 11.4 Å². The molecule has 2 aliphatic heterocycles. The van der Waals surface area contributed by atoms with Crippen molar-refractivity contribution in [3.63, 3.8) is 0 Å². The molecule has 2 fully saturated rings. The molecule has 2 heterocycles. The average molecular weight is 279 g/mol. The summed E-state index contributed by atoms with van der Waals surface area (Å²) < 4.78 is 13.5. The zero-order chi connectivity index (χ0) is 14.3. The minimum atomic E-state index is -0.557. The van der Waals surface area contributed by atoms with Gasteiger partial charge < -0.3 is 10.2 Å². The quantitative estimate of drug-likeness (QED) is 0.682. The minimum absolute atomic E-state index is 0.191. The van der Waals surface area contributed by atoms with Crippen LogP contribution in [0.25, 0.3) is 0 Å². The Labute approximate surface area is 116 Å². The Bertz CT molecular complexity index is 525. The summed E-state index contributed by atoms with van der Waals surface area (Å²) in [7, 11) is 1.90. The lowest BCUT2D eigenvalue weighted by Crippen LogP contribution is -2.47. The van der Waals surface area contributed by atoms with Crippen LogP contribution in [0.1, 0.15) is 25.7 Å². The molecule has 108 valence electrons. The molecule has 0 aromatic heterocycles. The van der Waals surface area contributed by atoms with E-state index in [-0.39, 0.29) is 5.69 Å². The fraction of sp³-hybridized carbons (Fsp3) is 0.571. The zero-order valence-corrected chi connectivity index (χ0v) is 11.4. The number of halogens is 1. The number of hydrogen-bond acceptors (Lipinski definition) is 4. The number of hydrogen-bond donors (Lipinski definition) is 1. The van der Waals surface area contributed by atoms with Gasteiger partial charge in [-0.3, -0.25) is 10.1 Å². The Hall–Kier alpha value is -1.69. The minimum Gasteiger partial charge on any atom is -0.371 e. The van der Waals surface area contributed by atoms with Gasteiger partial charge in [0.25, 0.3) is 5.69 Å². The van der Waals surface area contributed by atoms with Crippen LogP contribution in [0, 0.1) is 15.9 Å². The smallest absolute Gasteiger partial charge is 0.274 e. The molecular weight excluding hydrogens is 261 g/mol. The van der Waals surface area contributed by atoms with E-state index in [9.17, 15) is 14.5 Å². The lowest BCUT2D eigenvalue weighted by atomic mass is 9.98. The molecule has 3 rings (SSSR count). The average Bonchev–Trinajstić information content (AvgIpc) is 2.75. The normalized spacial score (nSPS) is 28.4. The van der Waals surface area contributed by atoms with Crippen molar-refractivity contribution in [2.24, 2.45) is 0 Å². The van der Waals surface area contributed by atoms with Gasteiger partial charge in [0.1, 0.15) is 5.82 Å². The number of rotatable bonds is 3. The first-order valence-electron chi connectivity index (χ1n) is 6.97. The number of nitrogens with zero attached hydrogens (tertiary/aromatic N) is 2. The topological polar surface area (TPSA) is 58.4 Å². The van der Waals surface area contributed by atoms with E-state index in [1.54, 1.807) is 0 Å². The highest BCUT2D eigenvalue weighted by molar-refractivity contribution is 5.54. The van der Waals surface area contributed by atoms with Gasteiger partial charge in [-0.1, -0.05) is 0 Å². The summed E-state index contributed by atoms with van der Waals surface area (Å²) in [6.07, 6.45) is 4.41. The summed E-state index contributed by atoms with van der Waals surface area (Å²) in [6, 6.07) is 5.16. The van der Waals surface area contributed by atoms with E-state index < -0.39 is 10.7 Å². The second kappa shape index (κ2) is 5.01. The van der Waals surface area contributed by atoms with Gasteiger partial charge in [-0.2, -0.15) is 0 Å². The second-order valence-electron chi connectivity index (χ2n) is 5.80. The van der Waals surface area contributed by atoms with Gasteiger partial charge in [0.2, 0.25) is 0 Å². The van der Waals surface area contributed by atoms with Crippen LogP contribution in [0.4, 0.5) is 15.8 Å². The van der Waals surface area contributed by atoms with Gasteiger partial charge in [0.15, 0.2) is 0 Å². The number of nitrogens with one attached hydrogen (secondary N) is 1.